The van der Waals surface area contributed by atoms with E-state index in [2.05, 4.69) is 11.4 Å². The maximum Gasteiger partial charge on any atom is 0.230 e. The van der Waals surface area contributed by atoms with Crippen molar-refractivity contribution in [2.75, 3.05) is 0 Å². The molecule has 19 heavy (non-hydrogen) atoms. The fourth-order valence-corrected chi connectivity index (χ4v) is 2.62. The van der Waals surface area contributed by atoms with Crippen molar-refractivity contribution in [3.05, 3.63) is 35.9 Å². The van der Waals surface area contributed by atoms with E-state index in [0.29, 0.717) is 0 Å². The summed E-state index contributed by atoms with van der Waals surface area (Å²) in [7, 11) is 0. The number of benzene rings is 1. The van der Waals surface area contributed by atoms with Crippen LogP contribution in [0.4, 0.5) is 0 Å². The Balaban J connectivity index is 2.09. The molecule has 0 aromatic heterocycles. The number of amides is 1. The zero-order chi connectivity index (χ0) is 13.9. The fraction of sp³-hybridized carbons (Fsp3) is 0.500. The van der Waals surface area contributed by atoms with Crippen LogP contribution in [0.15, 0.2) is 30.3 Å². The zero-order valence-corrected chi connectivity index (χ0v) is 11.5. The van der Waals surface area contributed by atoms with E-state index in [1.165, 1.54) is 0 Å². The molecular formula is C16H20N2O. The first-order valence-electron chi connectivity index (χ1n) is 6.82. The molecule has 2 atom stereocenters. The molecule has 3 nitrogen and oxygen atoms in total. The topological polar surface area (TPSA) is 52.9 Å². The van der Waals surface area contributed by atoms with Gasteiger partial charge in [0.1, 0.15) is 0 Å². The van der Waals surface area contributed by atoms with Crippen molar-refractivity contribution < 1.29 is 4.79 Å². The minimum absolute atomic E-state index is 0.00542. The van der Waals surface area contributed by atoms with Gasteiger partial charge in [-0.05, 0) is 38.7 Å². The monoisotopic (exact) mass is 256 g/mol. The van der Waals surface area contributed by atoms with Crippen LogP contribution in [0.3, 0.4) is 0 Å². The zero-order valence-electron chi connectivity index (χ0n) is 11.5. The maximum atomic E-state index is 12.5. The summed E-state index contributed by atoms with van der Waals surface area (Å²) < 4.78 is 0. The Morgan fingerprint density at radius 2 is 2.00 bits per heavy atom. The average molecular weight is 256 g/mol. The van der Waals surface area contributed by atoms with Gasteiger partial charge in [0.25, 0.3) is 0 Å². The summed E-state index contributed by atoms with van der Waals surface area (Å²) in [5.74, 6) is -0.0265. The molecule has 1 aromatic carbocycles. The predicted octanol–water partition coefficient (Wildman–Crippen LogP) is 2.77. The molecule has 1 N–H and O–H groups in total. The van der Waals surface area contributed by atoms with Gasteiger partial charge in [-0.2, -0.15) is 5.26 Å². The van der Waals surface area contributed by atoms with Gasteiger partial charge in [0.05, 0.1) is 17.4 Å². The largest absolute Gasteiger partial charge is 0.351 e. The quantitative estimate of drug-likeness (QED) is 0.904. The van der Waals surface area contributed by atoms with Crippen LogP contribution in [-0.4, -0.2) is 11.9 Å². The third-order valence-corrected chi connectivity index (χ3v) is 4.06. The van der Waals surface area contributed by atoms with E-state index in [4.69, 9.17) is 5.26 Å². The van der Waals surface area contributed by atoms with Crippen molar-refractivity contribution in [1.82, 2.24) is 5.32 Å². The van der Waals surface area contributed by atoms with Crippen molar-refractivity contribution in [3.63, 3.8) is 0 Å². The maximum absolute atomic E-state index is 12.5. The second-order valence-corrected chi connectivity index (χ2v) is 5.74. The van der Waals surface area contributed by atoms with Gasteiger partial charge in [-0.1, -0.05) is 30.3 Å². The first-order valence-corrected chi connectivity index (χ1v) is 6.82. The molecule has 0 saturated heterocycles. The summed E-state index contributed by atoms with van der Waals surface area (Å²) in [4.78, 5) is 12.5. The van der Waals surface area contributed by atoms with Crippen LogP contribution in [0.1, 0.15) is 38.7 Å². The van der Waals surface area contributed by atoms with Gasteiger partial charge in [0.15, 0.2) is 0 Å². The molecule has 1 aromatic rings. The summed E-state index contributed by atoms with van der Waals surface area (Å²) in [6.45, 7) is 3.85. The molecule has 0 bridgehead atoms. The molecule has 0 radical (unpaired) electrons. The standard InChI is InChI=1S/C16H20N2O/c1-16(2,13-8-4-3-5-9-13)15(19)18-14-10-6-7-12(14)11-17/h3-5,8-9,12,14H,6-7,10H2,1-2H3,(H,18,19). The van der Waals surface area contributed by atoms with Crippen molar-refractivity contribution in [3.8, 4) is 6.07 Å². The summed E-state index contributed by atoms with van der Waals surface area (Å²) in [5, 5.41) is 12.1. The lowest BCUT2D eigenvalue weighted by atomic mass is 9.83. The molecule has 1 amide bonds. The molecule has 2 unspecified atom stereocenters. The number of hydrogen-bond acceptors (Lipinski definition) is 2. The van der Waals surface area contributed by atoms with Gasteiger partial charge < -0.3 is 5.32 Å². The van der Waals surface area contributed by atoms with E-state index in [1.54, 1.807) is 0 Å². The highest BCUT2D eigenvalue weighted by Gasteiger charge is 2.34. The highest BCUT2D eigenvalue weighted by atomic mass is 16.2. The smallest absolute Gasteiger partial charge is 0.230 e. The molecule has 100 valence electrons. The Morgan fingerprint density at radius 3 is 2.63 bits per heavy atom. The first kappa shape index (κ1) is 13.6. The summed E-state index contributed by atoms with van der Waals surface area (Å²) in [6.07, 6.45) is 2.83. The van der Waals surface area contributed by atoms with Crippen LogP contribution in [0.5, 0.6) is 0 Å². The van der Waals surface area contributed by atoms with Crippen LogP contribution >= 0.6 is 0 Å². The van der Waals surface area contributed by atoms with E-state index in [0.717, 1.165) is 24.8 Å². The molecule has 2 rings (SSSR count). The van der Waals surface area contributed by atoms with E-state index in [9.17, 15) is 4.79 Å². The van der Waals surface area contributed by atoms with E-state index < -0.39 is 5.41 Å². The average Bonchev–Trinajstić information content (AvgIpc) is 2.87. The Kier molecular flexibility index (Phi) is 3.90. The van der Waals surface area contributed by atoms with Gasteiger partial charge in [0, 0.05) is 6.04 Å². The van der Waals surface area contributed by atoms with Crippen LogP contribution in [0.2, 0.25) is 0 Å². The highest BCUT2D eigenvalue weighted by Crippen LogP contribution is 2.28. The summed E-state index contributed by atoms with van der Waals surface area (Å²) >= 11 is 0. The Bertz CT molecular complexity index is 487. The lowest BCUT2D eigenvalue weighted by Gasteiger charge is -2.27. The molecule has 1 fully saturated rings. The van der Waals surface area contributed by atoms with Crippen molar-refractivity contribution >= 4 is 5.91 Å². The number of carbonyl (C=O) groups excluding carboxylic acids is 1. The molecule has 0 heterocycles. The normalized spacial score (nSPS) is 22.8. The molecule has 1 aliphatic rings. The molecule has 1 saturated carbocycles. The lowest BCUT2D eigenvalue weighted by molar-refractivity contribution is -0.126. The molecule has 0 spiro atoms. The number of carbonyl (C=O) groups is 1. The van der Waals surface area contributed by atoms with Gasteiger partial charge in [-0.25, -0.2) is 0 Å². The van der Waals surface area contributed by atoms with Crippen molar-refractivity contribution in [1.29, 1.82) is 5.26 Å². The SMILES string of the molecule is CC(C)(C(=O)NC1CCCC1C#N)c1ccccc1. The third kappa shape index (κ3) is 2.78. The molecule has 0 aliphatic heterocycles. The first-order chi connectivity index (χ1) is 9.05. The minimum Gasteiger partial charge on any atom is -0.351 e. The van der Waals surface area contributed by atoms with Gasteiger partial charge in [-0.15, -0.1) is 0 Å². The Labute approximate surface area is 114 Å². The second kappa shape index (κ2) is 5.44. The molecular weight excluding hydrogens is 236 g/mol. The van der Waals surface area contributed by atoms with E-state index in [1.807, 2.05) is 44.2 Å². The Hall–Kier alpha value is -1.82. The Morgan fingerprint density at radius 1 is 1.32 bits per heavy atom. The number of rotatable bonds is 3. The van der Waals surface area contributed by atoms with Crippen molar-refractivity contribution in [2.24, 2.45) is 5.92 Å². The van der Waals surface area contributed by atoms with Crippen LogP contribution in [0, 0.1) is 17.2 Å². The van der Waals surface area contributed by atoms with Crippen molar-refractivity contribution in [2.45, 2.75) is 44.6 Å². The number of hydrogen-bond donors (Lipinski definition) is 1. The number of nitriles is 1. The third-order valence-electron chi connectivity index (χ3n) is 4.06. The number of nitrogens with one attached hydrogen (secondary N) is 1. The fourth-order valence-electron chi connectivity index (χ4n) is 2.62. The predicted molar refractivity (Wildman–Crippen MR) is 74.4 cm³/mol. The highest BCUT2D eigenvalue weighted by molar-refractivity contribution is 5.87. The molecule has 1 aliphatic carbocycles. The van der Waals surface area contributed by atoms with Crippen LogP contribution in [0.25, 0.3) is 0 Å². The molecule has 3 heteroatoms. The van der Waals surface area contributed by atoms with Crippen LogP contribution < -0.4 is 5.32 Å². The van der Waals surface area contributed by atoms with Gasteiger partial charge in [0.2, 0.25) is 5.91 Å². The minimum atomic E-state index is -0.566. The van der Waals surface area contributed by atoms with Gasteiger partial charge >= 0.3 is 0 Å². The summed E-state index contributed by atoms with van der Waals surface area (Å²) in [5.41, 5.74) is 0.433. The van der Waals surface area contributed by atoms with Crippen LogP contribution in [-0.2, 0) is 10.2 Å². The lowest BCUT2D eigenvalue weighted by Crippen LogP contribution is -2.46. The second-order valence-electron chi connectivity index (χ2n) is 5.74. The van der Waals surface area contributed by atoms with E-state index >= 15 is 0 Å². The van der Waals surface area contributed by atoms with Gasteiger partial charge in [-0.3, -0.25) is 4.79 Å². The summed E-state index contributed by atoms with van der Waals surface area (Å²) in [6, 6.07) is 12.1. The van der Waals surface area contributed by atoms with E-state index in [-0.39, 0.29) is 17.9 Å². The number of nitrogens with zero attached hydrogens (tertiary/aromatic N) is 1.